The summed E-state index contributed by atoms with van der Waals surface area (Å²) in [6, 6.07) is 0. The average molecular weight is 709 g/mol. The first kappa shape index (κ1) is 51.6. The topological polar surface area (TPSA) is 80.3 Å². The Morgan fingerprint density at radius 1 is 0.388 bits per heavy atom. The zero-order chi connectivity index (χ0) is 37.5. The molecular formula is C42H80N2O4S. The van der Waals surface area contributed by atoms with Crippen LogP contribution in [0.5, 0.6) is 0 Å². The van der Waals surface area contributed by atoms with Gasteiger partial charge in [-0.3, -0.25) is 8.42 Å². The fourth-order valence-corrected chi connectivity index (χ4v) is 6.51. The summed E-state index contributed by atoms with van der Waals surface area (Å²) in [5.41, 5.74) is 0. The average Bonchev–Trinajstić information content (AvgIpc) is 3.03. The molecule has 6 nitrogen and oxygen atoms in total. The van der Waals surface area contributed by atoms with Crippen molar-refractivity contribution in [2.45, 2.75) is 142 Å². The van der Waals surface area contributed by atoms with Crippen LogP contribution in [0.3, 0.4) is 0 Å². The first-order chi connectivity index (χ1) is 23.5. The number of unbranched alkanes of at least 4 members (excludes halogenated alkanes) is 18. The predicted molar refractivity (Wildman–Crippen MR) is 215 cm³/mol. The molecule has 0 saturated heterocycles. The summed E-state index contributed by atoms with van der Waals surface area (Å²) in [5, 5.41) is 0. The molecule has 0 unspecified atom stereocenters. The lowest BCUT2D eigenvalue weighted by Gasteiger charge is -2.36. The Bertz CT molecular complexity index is 781. The third kappa shape index (κ3) is 38.9. The highest BCUT2D eigenvalue weighted by Crippen LogP contribution is 2.16. The van der Waals surface area contributed by atoms with E-state index in [2.05, 4.69) is 53.3 Å². The number of hydrogen-bond donors (Lipinski definition) is 0. The molecule has 0 fully saturated rings. The fourth-order valence-electron chi connectivity index (χ4n) is 6.51. The van der Waals surface area contributed by atoms with Gasteiger partial charge < -0.3 is 18.1 Å². The SMILES string of the molecule is C=CC[N+](CC=C)(CC=C)CCCCCCCCCCCC.C=CC[N+](CC=C)(CC=C)CCCCCCCCCCCC.O=S(=O)([O-])[O-]. The monoisotopic (exact) mass is 709 g/mol. The summed E-state index contributed by atoms with van der Waals surface area (Å²) >= 11 is 0. The minimum Gasteiger partial charge on any atom is -0.759 e. The van der Waals surface area contributed by atoms with Crippen molar-refractivity contribution in [3.63, 3.8) is 0 Å². The van der Waals surface area contributed by atoms with Crippen molar-refractivity contribution in [2.75, 3.05) is 52.4 Å². The molecule has 0 aliphatic rings. The molecule has 49 heavy (non-hydrogen) atoms. The van der Waals surface area contributed by atoms with Crippen LogP contribution >= 0.6 is 0 Å². The molecule has 0 N–H and O–H groups in total. The zero-order valence-electron chi connectivity index (χ0n) is 32.4. The predicted octanol–water partition coefficient (Wildman–Crippen LogP) is 11.2. The molecule has 0 amide bonds. The highest BCUT2D eigenvalue weighted by atomic mass is 32.3. The molecule has 0 bridgehead atoms. The van der Waals surface area contributed by atoms with Gasteiger partial charge in [0.05, 0.1) is 52.4 Å². The normalized spacial score (nSPS) is 11.3. The lowest BCUT2D eigenvalue weighted by Crippen LogP contribution is -2.49. The third-order valence-corrected chi connectivity index (χ3v) is 9.07. The summed E-state index contributed by atoms with van der Waals surface area (Å²) in [4.78, 5) is 0. The van der Waals surface area contributed by atoms with E-state index in [1.54, 1.807) is 0 Å². The molecule has 0 aromatic carbocycles. The number of nitrogens with zero attached hydrogens (tertiary/aromatic N) is 2. The van der Waals surface area contributed by atoms with E-state index in [4.69, 9.17) is 17.5 Å². The maximum absolute atomic E-state index is 8.52. The van der Waals surface area contributed by atoms with Crippen LogP contribution in [-0.2, 0) is 10.4 Å². The van der Waals surface area contributed by atoms with Crippen molar-refractivity contribution in [3.05, 3.63) is 75.9 Å². The van der Waals surface area contributed by atoms with Crippen molar-refractivity contribution < 1.29 is 26.5 Å². The van der Waals surface area contributed by atoms with Crippen LogP contribution in [0.4, 0.5) is 0 Å². The van der Waals surface area contributed by atoms with E-state index < -0.39 is 10.4 Å². The van der Waals surface area contributed by atoms with Crippen LogP contribution in [0.1, 0.15) is 142 Å². The van der Waals surface area contributed by atoms with E-state index in [0.29, 0.717) is 0 Å². The lowest BCUT2D eigenvalue weighted by molar-refractivity contribution is -0.912. The maximum atomic E-state index is 8.52. The Hall–Kier alpha value is -1.77. The summed E-state index contributed by atoms with van der Waals surface area (Å²) in [7, 11) is -5.17. The molecule has 0 aliphatic carbocycles. The molecule has 0 aromatic heterocycles. The first-order valence-electron chi connectivity index (χ1n) is 19.5. The summed E-state index contributed by atoms with van der Waals surface area (Å²) in [6.07, 6.45) is 40.2. The summed E-state index contributed by atoms with van der Waals surface area (Å²) in [5.74, 6) is 0. The smallest absolute Gasteiger partial charge is 0.0975 e. The van der Waals surface area contributed by atoms with Crippen LogP contribution in [0.25, 0.3) is 0 Å². The molecule has 0 radical (unpaired) electrons. The number of hydrogen-bond acceptors (Lipinski definition) is 4. The van der Waals surface area contributed by atoms with E-state index in [-0.39, 0.29) is 0 Å². The van der Waals surface area contributed by atoms with Crippen LogP contribution in [0.15, 0.2) is 75.9 Å². The minimum atomic E-state index is -5.17. The van der Waals surface area contributed by atoms with E-state index in [1.165, 1.54) is 142 Å². The molecule has 0 heterocycles. The van der Waals surface area contributed by atoms with Gasteiger partial charge in [-0.1, -0.05) is 156 Å². The van der Waals surface area contributed by atoms with Crippen LogP contribution in [0.2, 0.25) is 0 Å². The van der Waals surface area contributed by atoms with Crippen LogP contribution < -0.4 is 0 Å². The Labute approximate surface area is 306 Å². The van der Waals surface area contributed by atoms with Gasteiger partial charge in [0, 0.05) is 10.4 Å². The third-order valence-electron chi connectivity index (χ3n) is 9.07. The lowest BCUT2D eigenvalue weighted by atomic mass is 10.1. The molecule has 0 atom stereocenters. The highest BCUT2D eigenvalue weighted by molar-refractivity contribution is 7.79. The Morgan fingerprint density at radius 2 is 0.551 bits per heavy atom. The molecule has 0 aliphatic heterocycles. The minimum absolute atomic E-state index is 1.02. The summed E-state index contributed by atoms with van der Waals surface area (Å²) in [6.45, 7) is 36.7. The number of rotatable bonds is 34. The van der Waals surface area contributed by atoms with Gasteiger partial charge in [-0.2, -0.15) is 0 Å². The Morgan fingerprint density at radius 3 is 0.714 bits per heavy atom. The highest BCUT2D eigenvalue weighted by Gasteiger charge is 2.23. The van der Waals surface area contributed by atoms with E-state index in [0.717, 1.165) is 48.2 Å². The van der Waals surface area contributed by atoms with Gasteiger partial charge in [0.2, 0.25) is 0 Å². The first-order valence-corrected chi connectivity index (χ1v) is 20.8. The van der Waals surface area contributed by atoms with Gasteiger partial charge in [-0.05, 0) is 62.1 Å². The van der Waals surface area contributed by atoms with Crippen LogP contribution in [0, 0.1) is 0 Å². The summed E-state index contributed by atoms with van der Waals surface area (Å²) < 4.78 is 36.2. The molecule has 0 saturated carbocycles. The van der Waals surface area contributed by atoms with Crippen molar-refractivity contribution in [1.82, 2.24) is 0 Å². The van der Waals surface area contributed by atoms with Gasteiger partial charge in [-0.25, -0.2) is 0 Å². The van der Waals surface area contributed by atoms with Crippen molar-refractivity contribution >= 4 is 10.4 Å². The molecule has 0 aromatic rings. The van der Waals surface area contributed by atoms with Gasteiger partial charge in [-0.15, -0.1) is 0 Å². The number of quaternary nitrogens is 2. The second-order valence-electron chi connectivity index (χ2n) is 13.7. The maximum Gasteiger partial charge on any atom is 0.0975 e. The second-order valence-corrected chi connectivity index (χ2v) is 14.5. The Balaban J connectivity index is -0.000000757. The van der Waals surface area contributed by atoms with E-state index in [9.17, 15) is 0 Å². The van der Waals surface area contributed by atoms with E-state index in [1.807, 2.05) is 36.5 Å². The Kier molecular flexibility index (Phi) is 39.5. The fraction of sp³-hybridized carbons (Fsp3) is 0.714. The largest absolute Gasteiger partial charge is 0.759 e. The van der Waals surface area contributed by atoms with Gasteiger partial charge in [0.15, 0.2) is 0 Å². The van der Waals surface area contributed by atoms with Crippen LogP contribution in [-0.4, -0.2) is 78.8 Å². The van der Waals surface area contributed by atoms with Gasteiger partial charge >= 0.3 is 0 Å². The van der Waals surface area contributed by atoms with Crippen molar-refractivity contribution in [2.24, 2.45) is 0 Å². The molecule has 288 valence electrons. The molecule has 0 rings (SSSR count). The quantitative estimate of drug-likeness (QED) is 0.0219. The standard InChI is InChI=1S/2C21H40N.H2O4S/c2*1-5-9-10-11-12-13-14-15-16-17-21-22(18-6-2,19-7-3)20-8-4;1-5(2,3)4/h2*6-8H,2-5,9-21H2,1H3;(H2,1,2,3,4)/q2*+1;/p-2. The second kappa shape index (κ2) is 37.5. The zero-order valence-corrected chi connectivity index (χ0v) is 33.3. The van der Waals surface area contributed by atoms with Gasteiger partial charge in [0.25, 0.3) is 0 Å². The van der Waals surface area contributed by atoms with Gasteiger partial charge in [0.1, 0.15) is 0 Å². The van der Waals surface area contributed by atoms with Crippen molar-refractivity contribution in [3.8, 4) is 0 Å². The molecule has 7 heteroatoms. The van der Waals surface area contributed by atoms with Crippen molar-refractivity contribution in [1.29, 1.82) is 0 Å². The van der Waals surface area contributed by atoms with E-state index >= 15 is 0 Å². The molecule has 0 spiro atoms. The molecular weight excluding hydrogens is 629 g/mol.